The maximum absolute atomic E-state index is 12.8. The normalized spacial score (nSPS) is 12.6. The summed E-state index contributed by atoms with van der Waals surface area (Å²) in [6.45, 7) is 13.7. The van der Waals surface area contributed by atoms with Crippen LogP contribution < -0.4 is 0 Å². The zero-order chi connectivity index (χ0) is 44.2. The minimum absolute atomic E-state index is 0.0652. The molecule has 0 spiro atoms. The van der Waals surface area contributed by atoms with Gasteiger partial charge in [0.25, 0.3) is 0 Å². The van der Waals surface area contributed by atoms with E-state index in [1.54, 1.807) is 0 Å². The molecule has 0 amide bonds. The van der Waals surface area contributed by atoms with Crippen LogP contribution in [-0.4, -0.2) is 37.2 Å². The monoisotopic (exact) mass is 849 g/mol. The fraction of sp³-hybridized carbons (Fsp3) is 0.944. The molecule has 0 aromatic rings. The van der Waals surface area contributed by atoms with Gasteiger partial charge in [-0.25, -0.2) is 0 Å². The van der Waals surface area contributed by atoms with Crippen LogP contribution in [0.2, 0.25) is 0 Å². The van der Waals surface area contributed by atoms with Gasteiger partial charge in [0, 0.05) is 19.3 Å². The summed E-state index contributed by atoms with van der Waals surface area (Å²) in [6.07, 6.45) is 45.3. The summed E-state index contributed by atoms with van der Waals surface area (Å²) >= 11 is 0. The molecule has 6 heteroatoms. The largest absolute Gasteiger partial charge is 0.462 e. The molecule has 0 saturated carbocycles. The molecular weight excluding hydrogens is 745 g/mol. The SMILES string of the molecule is CCC(C)CCCCCCCCCCCCC(=O)O[C@@H](COC(=O)CCCCCCCCCCCCCCCCCCC(C)C)COC(=O)CCCCCCCCC(C)C. The summed E-state index contributed by atoms with van der Waals surface area (Å²) in [5.74, 6) is 1.63. The minimum atomic E-state index is -0.763. The van der Waals surface area contributed by atoms with Crippen molar-refractivity contribution in [2.24, 2.45) is 17.8 Å². The van der Waals surface area contributed by atoms with Gasteiger partial charge < -0.3 is 14.2 Å². The Kier molecular flexibility index (Phi) is 44.2. The van der Waals surface area contributed by atoms with Crippen LogP contribution in [0.1, 0.15) is 292 Å². The molecule has 0 aromatic heterocycles. The minimum Gasteiger partial charge on any atom is -0.462 e. The molecule has 0 fully saturated rings. The van der Waals surface area contributed by atoms with Gasteiger partial charge in [-0.2, -0.15) is 0 Å². The first-order valence-corrected chi connectivity index (χ1v) is 26.6. The summed E-state index contributed by atoms with van der Waals surface area (Å²) in [4.78, 5) is 37.9. The summed E-state index contributed by atoms with van der Waals surface area (Å²) in [5, 5.41) is 0. The Morgan fingerprint density at radius 3 is 0.867 bits per heavy atom. The second-order valence-electron chi connectivity index (χ2n) is 19.7. The molecule has 0 aromatic carbocycles. The van der Waals surface area contributed by atoms with Gasteiger partial charge in [-0.1, -0.05) is 253 Å². The fourth-order valence-electron chi connectivity index (χ4n) is 8.08. The third kappa shape index (κ3) is 45.9. The number of rotatable bonds is 47. The van der Waals surface area contributed by atoms with E-state index in [2.05, 4.69) is 41.5 Å². The third-order valence-electron chi connectivity index (χ3n) is 12.5. The van der Waals surface area contributed by atoms with Gasteiger partial charge in [-0.05, 0) is 37.0 Å². The van der Waals surface area contributed by atoms with Crippen molar-refractivity contribution in [1.29, 1.82) is 0 Å². The molecule has 60 heavy (non-hydrogen) atoms. The van der Waals surface area contributed by atoms with E-state index in [4.69, 9.17) is 14.2 Å². The maximum Gasteiger partial charge on any atom is 0.306 e. The van der Waals surface area contributed by atoms with Crippen LogP contribution in [-0.2, 0) is 28.6 Å². The van der Waals surface area contributed by atoms with Crippen molar-refractivity contribution in [3.05, 3.63) is 0 Å². The molecule has 0 N–H and O–H groups in total. The molecule has 0 saturated heterocycles. The predicted molar refractivity (Wildman–Crippen MR) is 256 cm³/mol. The van der Waals surface area contributed by atoms with Crippen molar-refractivity contribution in [3.63, 3.8) is 0 Å². The standard InChI is InChI=1S/C54H104O6/c1-7-50(6)42-36-30-23-19-16-17-21-25-33-39-45-54(57)60-51(47-59-53(56)44-38-32-27-26-29-35-41-49(4)5)46-58-52(55)43-37-31-24-20-15-13-11-9-8-10-12-14-18-22-28-34-40-48(2)3/h48-51H,7-47H2,1-6H3/t50?,51-/m0/s1. The Morgan fingerprint density at radius 2 is 0.583 bits per heavy atom. The van der Waals surface area contributed by atoms with Crippen LogP contribution in [0.3, 0.4) is 0 Å². The van der Waals surface area contributed by atoms with Crippen molar-refractivity contribution in [2.45, 2.75) is 298 Å². The highest BCUT2D eigenvalue weighted by Crippen LogP contribution is 2.18. The molecule has 0 bridgehead atoms. The first-order valence-electron chi connectivity index (χ1n) is 26.6. The third-order valence-corrected chi connectivity index (χ3v) is 12.5. The van der Waals surface area contributed by atoms with Crippen LogP contribution in [0.5, 0.6) is 0 Å². The van der Waals surface area contributed by atoms with Crippen LogP contribution in [0.4, 0.5) is 0 Å². The Bertz CT molecular complexity index is 931. The van der Waals surface area contributed by atoms with Crippen molar-refractivity contribution < 1.29 is 28.6 Å². The summed E-state index contributed by atoms with van der Waals surface area (Å²) in [6, 6.07) is 0. The lowest BCUT2D eigenvalue weighted by atomic mass is 9.99. The van der Waals surface area contributed by atoms with Crippen LogP contribution in [0.25, 0.3) is 0 Å². The van der Waals surface area contributed by atoms with Crippen molar-refractivity contribution >= 4 is 17.9 Å². The highest BCUT2D eigenvalue weighted by molar-refractivity contribution is 5.71. The van der Waals surface area contributed by atoms with Crippen LogP contribution in [0.15, 0.2) is 0 Å². The number of hydrogen-bond donors (Lipinski definition) is 0. The molecule has 0 aliphatic heterocycles. The second-order valence-corrected chi connectivity index (χ2v) is 19.7. The number of unbranched alkanes of at least 4 members (excludes halogenated alkanes) is 29. The number of ether oxygens (including phenoxy) is 3. The van der Waals surface area contributed by atoms with E-state index in [0.717, 1.165) is 75.5 Å². The molecule has 0 heterocycles. The van der Waals surface area contributed by atoms with E-state index in [9.17, 15) is 14.4 Å². The number of carbonyl (C=O) groups excluding carboxylic acids is 3. The lowest BCUT2D eigenvalue weighted by molar-refractivity contribution is -0.167. The van der Waals surface area contributed by atoms with Gasteiger partial charge in [0.2, 0.25) is 0 Å². The number of hydrogen-bond acceptors (Lipinski definition) is 6. The van der Waals surface area contributed by atoms with E-state index in [-0.39, 0.29) is 31.1 Å². The van der Waals surface area contributed by atoms with Crippen molar-refractivity contribution in [2.75, 3.05) is 13.2 Å². The zero-order valence-corrected chi connectivity index (χ0v) is 41.3. The molecule has 0 radical (unpaired) electrons. The molecule has 0 aliphatic carbocycles. The molecule has 356 valence electrons. The van der Waals surface area contributed by atoms with Gasteiger partial charge in [0.1, 0.15) is 13.2 Å². The first-order chi connectivity index (χ1) is 29.1. The van der Waals surface area contributed by atoms with E-state index < -0.39 is 6.10 Å². The Labute approximate surface area is 374 Å². The van der Waals surface area contributed by atoms with Gasteiger partial charge in [-0.15, -0.1) is 0 Å². The maximum atomic E-state index is 12.8. The topological polar surface area (TPSA) is 78.9 Å². The fourth-order valence-corrected chi connectivity index (χ4v) is 8.08. The van der Waals surface area contributed by atoms with Crippen LogP contribution in [0, 0.1) is 17.8 Å². The lowest BCUT2D eigenvalue weighted by Crippen LogP contribution is -2.30. The van der Waals surface area contributed by atoms with E-state index in [1.807, 2.05) is 0 Å². The van der Waals surface area contributed by atoms with Gasteiger partial charge >= 0.3 is 17.9 Å². The smallest absolute Gasteiger partial charge is 0.306 e. The van der Waals surface area contributed by atoms with Gasteiger partial charge in [0.05, 0.1) is 0 Å². The van der Waals surface area contributed by atoms with Gasteiger partial charge in [0.15, 0.2) is 6.10 Å². The average molecular weight is 849 g/mol. The van der Waals surface area contributed by atoms with Gasteiger partial charge in [-0.3, -0.25) is 14.4 Å². The van der Waals surface area contributed by atoms with E-state index >= 15 is 0 Å². The summed E-state index contributed by atoms with van der Waals surface area (Å²) < 4.78 is 16.8. The molecular formula is C54H104O6. The highest BCUT2D eigenvalue weighted by Gasteiger charge is 2.19. The predicted octanol–water partition coefficient (Wildman–Crippen LogP) is 17.2. The number of esters is 3. The summed E-state index contributed by atoms with van der Waals surface area (Å²) in [7, 11) is 0. The Balaban J connectivity index is 4.24. The Hall–Kier alpha value is -1.59. The second kappa shape index (κ2) is 45.4. The Morgan fingerprint density at radius 1 is 0.333 bits per heavy atom. The lowest BCUT2D eigenvalue weighted by Gasteiger charge is -2.18. The first kappa shape index (κ1) is 58.4. The molecule has 2 atom stereocenters. The van der Waals surface area contributed by atoms with E-state index in [0.29, 0.717) is 19.3 Å². The molecule has 0 rings (SSSR count). The van der Waals surface area contributed by atoms with Crippen LogP contribution >= 0.6 is 0 Å². The highest BCUT2D eigenvalue weighted by atomic mass is 16.6. The average Bonchev–Trinajstić information content (AvgIpc) is 3.22. The molecule has 6 nitrogen and oxygen atoms in total. The van der Waals surface area contributed by atoms with Crippen molar-refractivity contribution in [3.8, 4) is 0 Å². The molecule has 0 aliphatic rings. The number of carbonyl (C=O) groups is 3. The molecule has 1 unspecified atom stereocenters. The van der Waals surface area contributed by atoms with E-state index in [1.165, 1.54) is 173 Å². The van der Waals surface area contributed by atoms with Crippen molar-refractivity contribution in [1.82, 2.24) is 0 Å². The zero-order valence-electron chi connectivity index (χ0n) is 41.3. The quantitative estimate of drug-likeness (QED) is 0.0345. The summed E-state index contributed by atoms with van der Waals surface area (Å²) in [5.41, 5.74) is 0.